The van der Waals surface area contributed by atoms with Gasteiger partial charge in [0.2, 0.25) is 0 Å². The molecular weight excluding hydrogens is 302 g/mol. The lowest BCUT2D eigenvalue weighted by Crippen LogP contribution is -2.38. The van der Waals surface area contributed by atoms with Crippen LogP contribution < -0.4 is 10.6 Å². The van der Waals surface area contributed by atoms with Crippen molar-refractivity contribution in [2.24, 2.45) is 4.99 Å². The van der Waals surface area contributed by atoms with Crippen molar-refractivity contribution in [1.82, 2.24) is 10.6 Å². The molecule has 1 aliphatic heterocycles. The molecule has 1 aliphatic rings. The van der Waals surface area contributed by atoms with Crippen LogP contribution >= 0.6 is 0 Å². The Balaban J connectivity index is 1.45. The Labute approximate surface area is 145 Å². The Morgan fingerprint density at radius 2 is 2.00 bits per heavy atom. The molecule has 0 aromatic heterocycles. The van der Waals surface area contributed by atoms with Gasteiger partial charge in [0.25, 0.3) is 0 Å². The van der Waals surface area contributed by atoms with E-state index in [4.69, 9.17) is 9.47 Å². The number of guanidine groups is 1. The van der Waals surface area contributed by atoms with Crippen molar-refractivity contribution in [2.75, 3.05) is 40.0 Å². The maximum absolute atomic E-state index is 5.66. The zero-order valence-corrected chi connectivity index (χ0v) is 14.8. The highest BCUT2D eigenvalue weighted by Gasteiger charge is 2.14. The van der Waals surface area contributed by atoms with Gasteiger partial charge in [-0.15, -0.1) is 0 Å². The molecule has 1 saturated heterocycles. The average molecular weight is 333 g/mol. The van der Waals surface area contributed by atoms with Crippen LogP contribution in [-0.2, 0) is 15.9 Å². The molecule has 0 aliphatic carbocycles. The monoisotopic (exact) mass is 333 g/mol. The minimum absolute atomic E-state index is 0.317. The third-order valence-corrected chi connectivity index (χ3v) is 4.09. The van der Waals surface area contributed by atoms with Crippen LogP contribution in [0, 0.1) is 0 Å². The van der Waals surface area contributed by atoms with E-state index in [1.165, 1.54) is 12.0 Å². The molecular formula is C19H31N3O2. The fourth-order valence-corrected chi connectivity index (χ4v) is 2.74. The first-order valence-corrected chi connectivity index (χ1v) is 9.06. The Hall–Kier alpha value is -1.59. The summed E-state index contributed by atoms with van der Waals surface area (Å²) in [4.78, 5) is 4.25. The number of nitrogens with one attached hydrogen (secondary N) is 2. The summed E-state index contributed by atoms with van der Waals surface area (Å²) >= 11 is 0. The van der Waals surface area contributed by atoms with E-state index in [9.17, 15) is 0 Å². The van der Waals surface area contributed by atoms with E-state index in [1.807, 2.05) is 0 Å². The quantitative estimate of drug-likeness (QED) is 0.392. The molecule has 24 heavy (non-hydrogen) atoms. The highest BCUT2D eigenvalue weighted by molar-refractivity contribution is 5.79. The van der Waals surface area contributed by atoms with Crippen molar-refractivity contribution in [3.05, 3.63) is 35.9 Å². The minimum atomic E-state index is 0.317. The van der Waals surface area contributed by atoms with E-state index in [-0.39, 0.29) is 0 Å². The fourth-order valence-electron chi connectivity index (χ4n) is 2.74. The molecule has 5 nitrogen and oxygen atoms in total. The lowest BCUT2D eigenvalue weighted by molar-refractivity contribution is 0.0168. The van der Waals surface area contributed by atoms with Gasteiger partial charge in [-0.2, -0.15) is 0 Å². The van der Waals surface area contributed by atoms with Gasteiger partial charge >= 0.3 is 0 Å². The molecule has 1 heterocycles. The summed E-state index contributed by atoms with van der Waals surface area (Å²) in [6.07, 6.45) is 5.77. The second-order valence-corrected chi connectivity index (χ2v) is 6.08. The fraction of sp³-hybridized carbons (Fsp3) is 0.632. The van der Waals surface area contributed by atoms with Gasteiger partial charge < -0.3 is 20.1 Å². The Morgan fingerprint density at radius 3 is 2.71 bits per heavy atom. The van der Waals surface area contributed by atoms with E-state index in [0.29, 0.717) is 6.10 Å². The summed E-state index contributed by atoms with van der Waals surface area (Å²) < 4.78 is 11.2. The Morgan fingerprint density at radius 1 is 1.21 bits per heavy atom. The normalized spacial score (nSPS) is 17.9. The smallest absolute Gasteiger partial charge is 0.190 e. The van der Waals surface area contributed by atoms with Crippen LogP contribution in [0.1, 0.15) is 31.2 Å². The van der Waals surface area contributed by atoms with Crippen molar-refractivity contribution >= 4 is 5.96 Å². The largest absolute Gasteiger partial charge is 0.379 e. The zero-order valence-electron chi connectivity index (χ0n) is 14.8. The highest BCUT2D eigenvalue weighted by Crippen LogP contribution is 2.11. The maximum Gasteiger partial charge on any atom is 0.190 e. The number of hydrogen-bond acceptors (Lipinski definition) is 3. The highest BCUT2D eigenvalue weighted by atomic mass is 16.5. The van der Waals surface area contributed by atoms with Crippen molar-refractivity contribution in [3.63, 3.8) is 0 Å². The molecule has 2 N–H and O–H groups in total. The molecule has 1 aromatic carbocycles. The van der Waals surface area contributed by atoms with E-state index < -0.39 is 0 Å². The van der Waals surface area contributed by atoms with E-state index in [1.54, 1.807) is 7.05 Å². The number of hydrogen-bond donors (Lipinski definition) is 2. The predicted molar refractivity (Wildman–Crippen MR) is 98.5 cm³/mol. The van der Waals surface area contributed by atoms with E-state index in [2.05, 4.69) is 46.0 Å². The van der Waals surface area contributed by atoms with Gasteiger partial charge in [-0.25, -0.2) is 0 Å². The third-order valence-electron chi connectivity index (χ3n) is 4.09. The summed E-state index contributed by atoms with van der Waals surface area (Å²) in [6, 6.07) is 10.6. The van der Waals surface area contributed by atoms with Crippen molar-refractivity contribution in [2.45, 2.75) is 38.2 Å². The van der Waals surface area contributed by atoms with Gasteiger partial charge in [0, 0.05) is 33.4 Å². The lowest BCUT2D eigenvalue weighted by Gasteiger charge is -2.13. The van der Waals surface area contributed by atoms with Gasteiger partial charge in [0.15, 0.2) is 5.96 Å². The molecule has 5 heteroatoms. The zero-order chi connectivity index (χ0) is 16.9. The van der Waals surface area contributed by atoms with Crippen LogP contribution in [0.2, 0.25) is 0 Å². The summed E-state index contributed by atoms with van der Waals surface area (Å²) in [6.45, 7) is 4.17. The molecule has 1 unspecified atom stereocenters. The topological polar surface area (TPSA) is 54.9 Å². The molecule has 0 spiro atoms. The number of rotatable bonds is 10. The van der Waals surface area contributed by atoms with Gasteiger partial charge in [-0.05, 0) is 37.7 Å². The van der Waals surface area contributed by atoms with Gasteiger partial charge in [-0.1, -0.05) is 30.3 Å². The van der Waals surface area contributed by atoms with Gasteiger partial charge in [-0.3, -0.25) is 4.99 Å². The number of nitrogens with zero attached hydrogens (tertiary/aromatic N) is 1. The molecule has 0 amide bonds. The van der Waals surface area contributed by atoms with Gasteiger partial charge in [0.05, 0.1) is 12.7 Å². The van der Waals surface area contributed by atoms with Crippen LogP contribution in [0.15, 0.2) is 35.3 Å². The summed E-state index contributed by atoms with van der Waals surface area (Å²) in [7, 11) is 1.81. The van der Waals surface area contributed by atoms with Crippen molar-refractivity contribution in [1.29, 1.82) is 0 Å². The maximum atomic E-state index is 5.66. The summed E-state index contributed by atoms with van der Waals surface area (Å²) in [5.41, 5.74) is 1.38. The first-order chi connectivity index (χ1) is 11.9. The van der Waals surface area contributed by atoms with Crippen LogP contribution in [-0.4, -0.2) is 52.0 Å². The van der Waals surface area contributed by atoms with E-state index in [0.717, 1.165) is 64.6 Å². The van der Waals surface area contributed by atoms with Crippen molar-refractivity contribution in [3.8, 4) is 0 Å². The van der Waals surface area contributed by atoms with Crippen LogP contribution in [0.4, 0.5) is 0 Å². The van der Waals surface area contributed by atoms with Crippen LogP contribution in [0.25, 0.3) is 0 Å². The molecule has 1 fully saturated rings. The van der Waals surface area contributed by atoms with Crippen LogP contribution in [0.5, 0.6) is 0 Å². The van der Waals surface area contributed by atoms with Gasteiger partial charge in [0.1, 0.15) is 0 Å². The van der Waals surface area contributed by atoms with E-state index >= 15 is 0 Å². The molecule has 134 valence electrons. The van der Waals surface area contributed by atoms with Crippen molar-refractivity contribution < 1.29 is 9.47 Å². The molecule has 2 rings (SSSR count). The number of aliphatic imine (C=N–C) groups is 1. The molecule has 0 radical (unpaired) electrons. The first-order valence-electron chi connectivity index (χ1n) is 9.06. The van der Waals surface area contributed by atoms with Crippen LogP contribution in [0.3, 0.4) is 0 Å². The second kappa shape index (κ2) is 11.9. The minimum Gasteiger partial charge on any atom is -0.379 e. The summed E-state index contributed by atoms with van der Waals surface area (Å²) in [5, 5.41) is 6.68. The molecule has 0 bridgehead atoms. The number of ether oxygens (including phenoxy) is 2. The number of benzene rings is 1. The molecule has 1 atom stereocenters. The Kier molecular flexibility index (Phi) is 9.27. The average Bonchev–Trinajstić information content (AvgIpc) is 3.14. The SMILES string of the molecule is CN=C(NCCCOCC1CCCO1)NCCCc1ccccc1. The standard InChI is InChI=1S/C19H31N3O2/c1-20-19(21-12-5-10-17-8-3-2-4-9-17)22-13-7-14-23-16-18-11-6-15-24-18/h2-4,8-9,18H,5-7,10-16H2,1H3,(H2,20,21,22). The third kappa shape index (κ3) is 7.79. The Bertz CT molecular complexity index is 459. The second-order valence-electron chi connectivity index (χ2n) is 6.08. The first kappa shape index (κ1) is 18.7. The number of aryl methyl sites for hydroxylation is 1. The molecule has 1 aromatic rings. The molecule has 0 saturated carbocycles. The lowest BCUT2D eigenvalue weighted by atomic mass is 10.1. The summed E-state index contributed by atoms with van der Waals surface area (Å²) in [5.74, 6) is 0.863. The predicted octanol–water partition coefficient (Wildman–Crippen LogP) is 2.37.